The second-order valence-corrected chi connectivity index (χ2v) is 10.5. The Morgan fingerprint density at radius 3 is 2.33 bits per heavy atom. The summed E-state index contributed by atoms with van der Waals surface area (Å²) >= 11 is 0. The number of carbonyl (C=O) groups is 4. The van der Waals surface area contributed by atoms with Crippen molar-refractivity contribution in [3.63, 3.8) is 0 Å². The van der Waals surface area contributed by atoms with Crippen molar-refractivity contribution >= 4 is 46.4 Å². The molecule has 0 aliphatic heterocycles. The molecule has 9 heteroatoms. The van der Waals surface area contributed by atoms with Gasteiger partial charge in [0.05, 0.1) is 23.0 Å². The molecular formula is C34H32N4O5. The number of nitrogens with one attached hydrogen (secondary N) is 3. The third-order valence-electron chi connectivity index (χ3n) is 7.35. The number of para-hydroxylation sites is 1. The average molecular weight is 577 g/mol. The number of anilines is 1. The standard InChI is InChI=1S/C34H32N4O5/c1-22-15-17-24(18-16-22)34(42)43-30-20-19-23-9-5-6-12-26(23)28(30)21-35-38-33(41)32(40)37-29-14-8-7-13-27(29)31(39)36-25-10-3-2-4-11-25/h5-9,12-21,25H,2-4,10-11H2,1H3,(H,36,39)(H,37,40)(H,38,41)/b35-21+. The molecule has 218 valence electrons. The molecular weight excluding hydrogens is 544 g/mol. The van der Waals surface area contributed by atoms with E-state index in [4.69, 9.17) is 4.74 Å². The normalized spacial score (nSPS) is 13.4. The van der Waals surface area contributed by atoms with E-state index in [2.05, 4.69) is 21.2 Å². The van der Waals surface area contributed by atoms with Gasteiger partial charge >= 0.3 is 17.8 Å². The van der Waals surface area contributed by atoms with Gasteiger partial charge in [0.15, 0.2) is 0 Å². The Morgan fingerprint density at radius 2 is 1.53 bits per heavy atom. The number of hydrogen-bond acceptors (Lipinski definition) is 6. The first kappa shape index (κ1) is 29.2. The topological polar surface area (TPSA) is 126 Å². The van der Waals surface area contributed by atoms with E-state index >= 15 is 0 Å². The van der Waals surface area contributed by atoms with Crippen molar-refractivity contribution in [3.05, 3.63) is 107 Å². The van der Waals surface area contributed by atoms with Crippen LogP contribution >= 0.6 is 0 Å². The van der Waals surface area contributed by atoms with Crippen LogP contribution in [0.5, 0.6) is 5.75 Å². The highest BCUT2D eigenvalue weighted by Gasteiger charge is 2.21. The molecule has 0 unspecified atom stereocenters. The maximum atomic E-state index is 12.9. The number of esters is 1. The van der Waals surface area contributed by atoms with Crippen LogP contribution in [0.4, 0.5) is 5.69 Å². The number of hydrazone groups is 1. The fraction of sp³-hybridized carbons (Fsp3) is 0.206. The molecule has 3 N–H and O–H groups in total. The lowest BCUT2D eigenvalue weighted by molar-refractivity contribution is -0.136. The van der Waals surface area contributed by atoms with Crippen molar-refractivity contribution in [1.29, 1.82) is 0 Å². The highest BCUT2D eigenvalue weighted by atomic mass is 16.5. The first-order valence-electron chi connectivity index (χ1n) is 14.2. The van der Waals surface area contributed by atoms with Crippen molar-refractivity contribution in [1.82, 2.24) is 10.7 Å². The largest absolute Gasteiger partial charge is 0.422 e. The smallest absolute Gasteiger partial charge is 0.343 e. The molecule has 0 bridgehead atoms. The molecule has 4 aromatic rings. The second kappa shape index (κ2) is 13.6. The van der Waals surface area contributed by atoms with Crippen molar-refractivity contribution < 1.29 is 23.9 Å². The number of benzene rings is 4. The van der Waals surface area contributed by atoms with E-state index in [1.54, 1.807) is 42.5 Å². The number of ether oxygens (including phenoxy) is 1. The van der Waals surface area contributed by atoms with E-state index in [-0.39, 0.29) is 28.9 Å². The predicted molar refractivity (Wildman–Crippen MR) is 165 cm³/mol. The van der Waals surface area contributed by atoms with Gasteiger partial charge in [0.2, 0.25) is 0 Å². The summed E-state index contributed by atoms with van der Waals surface area (Å²) in [7, 11) is 0. The Balaban J connectivity index is 1.28. The molecule has 1 aliphatic rings. The lowest BCUT2D eigenvalue weighted by Gasteiger charge is -2.23. The maximum Gasteiger partial charge on any atom is 0.343 e. The summed E-state index contributed by atoms with van der Waals surface area (Å²) in [5.74, 6) is -2.62. The van der Waals surface area contributed by atoms with Gasteiger partial charge in [0.25, 0.3) is 5.91 Å². The number of amides is 3. The van der Waals surface area contributed by atoms with Crippen molar-refractivity contribution in [2.24, 2.45) is 5.10 Å². The number of carbonyl (C=O) groups excluding carboxylic acids is 4. The van der Waals surface area contributed by atoms with E-state index in [1.807, 2.05) is 49.4 Å². The van der Waals surface area contributed by atoms with Crippen LogP contribution in [0.1, 0.15) is 63.9 Å². The number of rotatable bonds is 7. The van der Waals surface area contributed by atoms with Crippen LogP contribution in [0.2, 0.25) is 0 Å². The average Bonchev–Trinajstić information content (AvgIpc) is 3.02. The van der Waals surface area contributed by atoms with Crippen LogP contribution in [-0.4, -0.2) is 35.9 Å². The summed E-state index contributed by atoms with van der Waals surface area (Å²) in [6, 6.07) is 24.5. The maximum absolute atomic E-state index is 12.9. The zero-order valence-electron chi connectivity index (χ0n) is 23.8. The molecule has 0 spiro atoms. The van der Waals surface area contributed by atoms with Crippen LogP contribution in [0.15, 0.2) is 90.0 Å². The number of fused-ring (bicyclic) bond motifs is 1. The Kier molecular flexibility index (Phi) is 9.21. The van der Waals surface area contributed by atoms with Gasteiger partial charge in [0.1, 0.15) is 5.75 Å². The van der Waals surface area contributed by atoms with Gasteiger partial charge in [-0.1, -0.05) is 79.4 Å². The Labute approximate surface area is 249 Å². The summed E-state index contributed by atoms with van der Waals surface area (Å²) in [5.41, 5.74) is 4.57. The summed E-state index contributed by atoms with van der Waals surface area (Å²) in [5, 5.41) is 11.1. The molecule has 0 heterocycles. The molecule has 4 aromatic carbocycles. The third-order valence-corrected chi connectivity index (χ3v) is 7.35. The Bertz CT molecular complexity index is 1690. The fourth-order valence-corrected chi connectivity index (χ4v) is 5.03. The van der Waals surface area contributed by atoms with Gasteiger partial charge in [-0.2, -0.15) is 5.10 Å². The van der Waals surface area contributed by atoms with Crippen LogP contribution in [0, 0.1) is 6.92 Å². The molecule has 1 aliphatic carbocycles. The van der Waals surface area contributed by atoms with Gasteiger partial charge in [-0.25, -0.2) is 10.2 Å². The lowest BCUT2D eigenvalue weighted by Crippen LogP contribution is -2.37. The summed E-state index contributed by atoms with van der Waals surface area (Å²) in [6.07, 6.45) is 6.47. The van der Waals surface area contributed by atoms with Gasteiger partial charge in [-0.05, 0) is 60.9 Å². The summed E-state index contributed by atoms with van der Waals surface area (Å²) in [4.78, 5) is 51.1. The number of nitrogens with zero attached hydrogens (tertiary/aromatic N) is 1. The van der Waals surface area contributed by atoms with Crippen molar-refractivity contribution in [2.45, 2.75) is 45.1 Å². The van der Waals surface area contributed by atoms with Gasteiger partial charge in [0, 0.05) is 11.6 Å². The highest BCUT2D eigenvalue weighted by molar-refractivity contribution is 6.40. The zero-order chi connectivity index (χ0) is 30.2. The number of aryl methyl sites for hydroxylation is 1. The lowest BCUT2D eigenvalue weighted by atomic mass is 9.95. The molecule has 0 radical (unpaired) electrons. The monoisotopic (exact) mass is 576 g/mol. The van der Waals surface area contributed by atoms with Gasteiger partial charge < -0.3 is 15.4 Å². The second-order valence-electron chi connectivity index (χ2n) is 10.5. The summed E-state index contributed by atoms with van der Waals surface area (Å²) in [6.45, 7) is 1.93. The molecule has 9 nitrogen and oxygen atoms in total. The molecule has 5 rings (SSSR count). The molecule has 3 amide bonds. The van der Waals surface area contributed by atoms with Crippen molar-refractivity contribution in [3.8, 4) is 5.75 Å². The van der Waals surface area contributed by atoms with Gasteiger partial charge in [-0.15, -0.1) is 0 Å². The van der Waals surface area contributed by atoms with E-state index in [0.29, 0.717) is 11.1 Å². The summed E-state index contributed by atoms with van der Waals surface area (Å²) < 4.78 is 5.69. The van der Waals surface area contributed by atoms with E-state index in [0.717, 1.165) is 48.4 Å². The minimum absolute atomic E-state index is 0.0952. The van der Waals surface area contributed by atoms with Crippen LogP contribution in [0.25, 0.3) is 10.8 Å². The Morgan fingerprint density at radius 1 is 0.814 bits per heavy atom. The van der Waals surface area contributed by atoms with E-state index in [9.17, 15) is 19.2 Å². The Hall–Kier alpha value is -5.31. The minimum atomic E-state index is -1.03. The minimum Gasteiger partial charge on any atom is -0.422 e. The van der Waals surface area contributed by atoms with E-state index < -0.39 is 17.8 Å². The fourth-order valence-electron chi connectivity index (χ4n) is 5.03. The molecule has 0 aromatic heterocycles. The third kappa shape index (κ3) is 7.32. The van der Waals surface area contributed by atoms with Crippen molar-refractivity contribution in [2.75, 3.05) is 5.32 Å². The number of hydrogen-bond donors (Lipinski definition) is 3. The van der Waals surface area contributed by atoms with Crippen LogP contribution in [0.3, 0.4) is 0 Å². The van der Waals surface area contributed by atoms with E-state index in [1.165, 1.54) is 6.21 Å². The first-order valence-corrected chi connectivity index (χ1v) is 14.2. The highest BCUT2D eigenvalue weighted by Crippen LogP contribution is 2.27. The first-order chi connectivity index (χ1) is 20.9. The molecule has 1 saturated carbocycles. The van der Waals surface area contributed by atoms with Crippen LogP contribution < -0.4 is 20.8 Å². The van der Waals surface area contributed by atoms with Crippen LogP contribution in [-0.2, 0) is 9.59 Å². The molecule has 43 heavy (non-hydrogen) atoms. The SMILES string of the molecule is Cc1ccc(C(=O)Oc2ccc3ccccc3c2/C=N/NC(=O)C(=O)Nc2ccccc2C(=O)NC2CCCCC2)cc1. The molecule has 0 saturated heterocycles. The quantitative estimate of drug-likeness (QED) is 0.0878. The molecule has 1 fully saturated rings. The van der Waals surface area contributed by atoms with Gasteiger partial charge in [-0.3, -0.25) is 14.4 Å². The predicted octanol–water partition coefficient (Wildman–Crippen LogP) is 5.52. The zero-order valence-corrected chi connectivity index (χ0v) is 23.8. The molecule has 0 atom stereocenters.